The third-order valence-corrected chi connectivity index (χ3v) is 5.33. The summed E-state index contributed by atoms with van der Waals surface area (Å²) in [5.74, 6) is -0.594. The predicted molar refractivity (Wildman–Crippen MR) is 105 cm³/mol. The summed E-state index contributed by atoms with van der Waals surface area (Å²) >= 11 is 0. The van der Waals surface area contributed by atoms with Crippen molar-refractivity contribution < 1.29 is 9.59 Å². The smallest absolute Gasteiger partial charge is 0.256 e. The van der Waals surface area contributed by atoms with Crippen molar-refractivity contribution in [3.8, 4) is 0 Å². The highest BCUT2D eigenvalue weighted by Gasteiger charge is 2.29. The van der Waals surface area contributed by atoms with Crippen LogP contribution in [0.1, 0.15) is 28.8 Å². The Morgan fingerprint density at radius 1 is 1.04 bits per heavy atom. The van der Waals surface area contributed by atoms with E-state index in [0.717, 1.165) is 23.7 Å². The molecule has 5 nitrogen and oxygen atoms in total. The summed E-state index contributed by atoms with van der Waals surface area (Å²) in [6, 6.07) is 18.2. The quantitative estimate of drug-likeness (QED) is 0.776. The molecule has 2 amide bonds. The van der Waals surface area contributed by atoms with Crippen LogP contribution in [-0.2, 0) is 11.3 Å². The number of piperidine rings is 1. The van der Waals surface area contributed by atoms with Crippen molar-refractivity contribution in [1.82, 2.24) is 9.47 Å². The number of para-hydroxylation sites is 1. The monoisotopic (exact) mass is 361 g/mol. The average Bonchev–Trinajstić information content (AvgIpc) is 3.07. The van der Waals surface area contributed by atoms with E-state index >= 15 is 0 Å². The van der Waals surface area contributed by atoms with Gasteiger partial charge in [-0.05, 0) is 24.5 Å². The molecular formula is C22H23N3O2. The summed E-state index contributed by atoms with van der Waals surface area (Å²) in [5, 5.41) is 0.944. The maximum absolute atomic E-state index is 13.2. The molecule has 4 rings (SSSR count). The fourth-order valence-corrected chi connectivity index (χ4v) is 3.89. The standard InChI is InChI=1S/C22H23N3O2/c23-21(26)17-9-6-12-24(14-17)22(27)19-15-25(13-16-7-2-1-3-8-16)20-11-5-4-10-18(19)20/h1-5,7-8,10-11,15,17H,6,9,12-14H2,(H2,23,26). The van der Waals surface area contributed by atoms with Crippen molar-refractivity contribution in [2.24, 2.45) is 11.7 Å². The summed E-state index contributed by atoms with van der Waals surface area (Å²) in [6.07, 6.45) is 3.50. The second-order valence-corrected chi connectivity index (χ2v) is 7.17. The molecule has 0 saturated carbocycles. The molecule has 1 aromatic heterocycles. The van der Waals surface area contributed by atoms with Crippen LogP contribution in [0.2, 0.25) is 0 Å². The molecule has 138 valence electrons. The Morgan fingerprint density at radius 3 is 2.56 bits per heavy atom. The molecule has 0 aliphatic carbocycles. The molecule has 1 saturated heterocycles. The van der Waals surface area contributed by atoms with Crippen LogP contribution in [0.3, 0.4) is 0 Å². The number of carbonyl (C=O) groups is 2. The van der Waals surface area contributed by atoms with Gasteiger partial charge in [0.15, 0.2) is 0 Å². The Balaban J connectivity index is 1.67. The summed E-state index contributed by atoms with van der Waals surface area (Å²) in [5.41, 5.74) is 8.37. The van der Waals surface area contributed by atoms with E-state index in [0.29, 0.717) is 25.2 Å². The summed E-state index contributed by atoms with van der Waals surface area (Å²) in [7, 11) is 0. The molecule has 3 aromatic rings. The lowest BCUT2D eigenvalue weighted by atomic mass is 9.97. The van der Waals surface area contributed by atoms with E-state index in [1.54, 1.807) is 4.90 Å². The van der Waals surface area contributed by atoms with E-state index < -0.39 is 0 Å². The number of fused-ring (bicyclic) bond motifs is 1. The van der Waals surface area contributed by atoms with Crippen molar-refractivity contribution in [3.05, 3.63) is 71.9 Å². The Labute approximate surface area is 158 Å². The number of nitrogens with two attached hydrogens (primary N) is 1. The van der Waals surface area contributed by atoms with Crippen molar-refractivity contribution in [3.63, 3.8) is 0 Å². The van der Waals surface area contributed by atoms with Gasteiger partial charge in [0.2, 0.25) is 5.91 Å². The van der Waals surface area contributed by atoms with E-state index in [4.69, 9.17) is 5.73 Å². The number of benzene rings is 2. The van der Waals surface area contributed by atoms with Crippen LogP contribution in [0, 0.1) is 5.92 Å². The molecule has 1 aliphatic rings. The van der Waals surface area contributed by atoms with E-state index in [-0.39, 0.29) is 17.7 Å². The summed E-state index contributed by atoms with van der Waals surface area (Å²) in [6.45, 7) is 1.78. The third kappa shape index (κ3) is 3.45. The summed E-state index contributed by atoms with van der Waals surface area (Å²) in [4.78, 5) is 26.5. The molecule has 1 aliphatic heterocycles. The number of hydrogen-bond acceptors (Lipinski definition) is 2. The fourth-order valence-electron chi connectivity index (χ4n) is 3.89. The Kier molecular flexibility index (Phi) is 4.67. The van der Waals surface area contributed by atoms with Gasteiger partial charge >= 0.3 is 0 Å². The minimum absolute atomic E-state index is 0.0241. The van der Waals surface area contributed by atoms with E-state index in [2.05, 4.69) is 16.7 Å². The Bertz CT molecular complexity index is 978. The van der Waals surface area contributed by atoms with Crippen molar-refractivity contribution in [2.45, 2.75) is 19.4 Å². The van der Waals surface area contributed by atoms with Crippen LogP contribution in [0.5, 0.6) is 0 Å². The van der Waals surface area contributed by atoms with Crippen LogP contribution in [-0.4, -0.2) is 34.4 Å². The number of primary amides is 1. The van der Waals surface area contributed by atoms with Gasteiger partial charge in [-0.3, -0.25) is 9.59 Å². The predicted octanol–water partition coefficient (Wildman–Crippen LogP) is 3.03. The molecule has 5 heteroatoms. The first-order valence-electron chi connectivity index (χ1n) is 9.34. The first kappa shape index (κ1) is 17.3. The zero-order valence-electron chi connectivity index (χ0n) is 15.2. The third-order valence-electron chi connectivity index (χ3n) is 5.33. The zero-order chi connectivity index (χ0) is 18.8. The van der Waals surface area contributed by atoms with Gasteiger partial charge in [0, 0.05) is 36.7 Å². The van der Waals surface area contributed by atoms with Crippen LogP contribution in [0.4, 0.5) is 0 Å². The van der Waals surface area contributed by atoms with Crippen molar-refractivity contribution in [2.75, 3.05) is 13.1 Å². The number of hydrogen-bond donors (Lipinski definition) is 1. The topological polar surface area (TPSA) is 68.3 Å². The number of rotatable bonds is 4. The van der Waals surface area contributed by atoms with Gasteiger partial charge in [-0.1, -0.05) is 48.5 Å². The SMILES string of the molecule is NC(=O)C1CCCN(C(=O)c2cn(Cc3ccccc3)c3ccccc23)C1. The van der Waals surface area contributed by atoms with Gasteiger partial charge in [0.1, 0.15) is 0 Å². The lowest BCUT2D eigenvalue weighted by molar-refractivity contribution is -0.123. The van der Waals surface area contributed by atoms with Crippen molar-refractivity contribution in [1.29, 1.82) is 0 Å². The number of aromatic nitrogens is 1. The summed E-state index contributed by atoms with van der Waals surface area (Å²) < 4.78 is 2.12. The highest BCUT2D eigenvalue weighted by atomic mass is 16.2. The Hall–Kier alpha value is -3.08. The van der Waals surface area contributed by atoms with Gasteiger partial charge in [-0.2, -0.15) is 0 Å². The van der Waals surface area contributed by atoms with E-state index in [1.807, 2.05) is 48.7 Å². The van der Waals surface area contributed by atoms with Gasteiger partial charge in [-0.25, -0.2) is 0 Å². The maximum atomic E-state index is 13.2. The molecule has 0 radical (unpaired) electrons. The highest BCUT2D eigenvalue weighted by molar-refractivity contribution is 6.07. The molecular weight excluding hydrogens is 338 g/mol. The molecule has 0 spiro atoms. The van der Waals surface area contributed by atoms with Crippen LogP contribution < -0.4 is 5.73 Å². The molecule has 2 N–H and O–H groups in total. The molecule has 1 atom stereocenters. The first-order valence-corrected chi connectivity index (χ1v) is 9.34. The second-order valence-electron chi connectivity index (χ2n) is 7.17. The minimum atomic E-state index is -0.320. The molecule has 2 aromatic carbocycles. The minimum Gasteiger partial charge on any atom is -0.369 e. The van der Waals surface area contributed by atoms with Crippen LogP contribution >= 0.6 is 0 Å². The normalized spacial score (nSPS) is 17.2. The molecule has 1 unspecified atom stereocenters. The number of likely N-dealkylation sites (tertiary alicyclic amines) is 1. The number of nitrogens with zero attached hydrogens (tertiary/aromatic N) is 2. The zero-order valence-corrected chi connectivity index (χ0v) is 15.2. The number of carbonyl (C=O) groups excluding carboxylic acids is 2. The van der Waals surface area contributed by atoms with Crippen LogP contribution in [0.25, 0.3) is 10.9 Å². The lowest BCUT2D eigenvalue weighted by Gasteiger charge is -2.31. The second kappa shape index (κ2) is 7.27. The van der Waals surface area contributed by atoms with Crippen LogP contribution in [0.15, 0.2) is 60.8 Å². The fraction of sp³-hybridized carbons (Fsp3) is 0.273. The maximum Gasteiger partial charge on any atom is 0.256 e. The Morgan fingerprint density at radius 2 is 1.78 bits per heavy atom. The largest absolute Gasteiger partial charge is 0.369 e. The molecule has 27 heavy (non-hydrogen) atoms. The number of amides is 2. The van der Waals surface area contributed by atoms with E-state index in [1.165, 1.54) is 5.56 Å². The lowest BCUT2D eigenvalue weighted by Crippen LogP contribution is -2.44. The van der Waals surface area contributed by atoms with Gasteiger partial charge in [-0.15, -0.1) is 0 Å². The van der Waals surface area contributed by atoms with Gasteiger partial charge in [0.25, 0.3) is 5.91 Å². The molecule has 1 fully saturated rings. The highest BCUT2D eigenvalue weighted by Crippen LogP contribution is 2.26. The van der Waals surface area contributed by atoms with E-state index in [9.17, 15) is 9.59 Å². The average molecular weight is 361 g/mol. The van der Waals surface area contributed by atoms with Gasteiger partial charge < -0.3 is 15.2 Å². The first-order chi connectivity index (χ1) is 13.1. The van der Waals surface area contributed by atoms with Gasteiger partial charge in [0.05, 0.1) is 11.5 Å². The van der Waals surface area contributed by atoms with Crippen molar-refractivity contribution >= 4 is 22.7 Å². The molecule has 2 heterocycles. The molecule has 0 bridgehead atoms.